The monoisotopic (exact) mass is 238 g/mol. The van der Waals surface area contributed by atoms with Crippen LogP contribution in [0.1, 0.15) is 16.7 Å². The van der Waals surface area contributed by atoms with Gasteiger partial charge in [-0.15, -0.1) is 0 Å². The summed E-state index contributed by atoms with van der Waals surface area (Å²) >= 11 is 0. The van der Waals surface area contributed by atoms with Crippen LogP contribution in [-0.2, 0) is 0 Å². The Bertz CT molecular complexity index is 609. The van der Waals surface area contributed by atoms with Gasteiger partial charge in [0, 0.05) is 5.56 Å². The second kappa shape index (κ2) is 4.86. The second-order valence-electron chi connectivity index (χ2n) is 4.17. The molecule has 0 bridgehead atoms. The smallest absolute Gasteiger partial charge is 0.158 e. The van der Waals surface area contributed by atoms with Gasteiger partial charge in [0.15, 0.2) is 5.82 Å². The van der Waals surface area contributed by atoms with E-state index >= 15 is 0 Å². The van der Waals surface area contributed by atoms with Crippen molar-refractivity contribution in [3.63, 3.8) is 0 Å². The van der Waals surface area contributed by atoms with Crippen molar-refractivity contribution in [3.8, 4) is 17.3 Å². The van der Waals surface area contributed by atoms with Crippen molar-refractivity contribution >= 4 is 5.82 Å². The van der Waals surface area contributed by atoms with Crippen LogP contribution < -0.4 is 11.3 Å². The topological polar surface area (TPSA) is 74.7 Å². The first-order valence-electron chi connectivity index (χ1n) is 5.61. The lowest BCUT2D eigenvalue weighted by molar-refractivity contribution is 1.19. The minimum atomic E-state index is 0.402. The Kier molecular flexibility index (Phi) is 3.26. The second-order valence-corrected chi connectivity index (χ2v) is 4.17. The number of aromatic nitrogens is 1. The van der Waals surface area contributed by atoms with Gasteiger partial charge in [0.2, 0.25) is 0 Å². The maximum Gasteiger partial charge on any atom is 0.158 e. The number of hydrogen-bond donors (Lipinski definition) is 2. The standard InChI is InChI=1S/C14H14N4/c1-9-3-5-11(6-4-9)13-10(2)7-12(8-15)14(17-13)18-16/h3-7H,16H2,1-2H3,(H,17,18). The Morgan fingerprint density at radius 1 is 1.22 bits per heavy atom. The maximum absolute atomic E-state index is 8.99. The van der Waals surface area contributed by atoms with Gasteiger partial charge in [-0.2, -0.15) is 5.26 Å². The Morgan fingerprint density at radius 3 is 2.44 bits per heavy atom. The number of anilines is 1. The molecule has 0 aliphatic carbocycles. The molecule has 0 radical (unpaired) electrons. The molecule has 1 aromatic carbocycles. The summed E-state index contributed by atoms with van der Waals surface area (Å²) < 4.78 is 0. The van der Waals surface area contributed by atoms with Gasteiger partial charge >= 0.3 is 0 Å². The quantitative estimate of drug-likeness (QED) is 0.622. The average molecular weight is 238 g/mol. The Labute approximate surface area is 106 Å². The number of pyridine rings is 1. The largest absolute Gasteiger partial charge is 0.307 e. The van der Waals surface area contributed by atoms with E-state index in [1.54, 1.807) is 6.07 Å². The number of nitrogens with one attached hydrogen (secondary N) is 1. The predicted octanol–water partition coefficient (Wildman–Crippen LogP) is 2.52. The molecule has 0 unspecified atom stereocenters. The van der Waals surface area contributed by atoms with E-state index in [0.29, 0.717) is 11.4 Å². The molecule has 1 heterocycles. The third-order valence-electron chi connectivity index (χ3n) is 2.80. The number of hydrogen-bond acceptors (Lipinski definition) is 4. The molecule has 0 spiro atoms. The summed E-state index contributed by atoms with van der Waals surface area (Å²) in [5.74, 6) is 5.79. The van der Waals surface area contributed by atoms with E-state index in [1.807, 2.05) is 38.1 Å². The molecule has 0 aliphatic heterocycles. The van der Waals surface area contributed by atoms with Gasteiger partial charge < -0.3 is 5.43 Å². The Balaban J connectivity index is 2.58. The van der Waals surface area contributed by atoms with Crippen molar-refractivity contribution in [1.82, 2.24) is 4.98 Å². The zero-order valence-electron chi connectivity index (χ0n) is 10.4. The summed E-state index contributed by atoms with van der Waals surface area (Å²) in [6.45, 7) is 3.97. The van der Waals surface area contributed by atoms with Crippen LogP contribution in [0.15, 0.2) is 30.3 Å². The molecule has 1 aromatic heterocycles. The third-order valence-corrected chi connectivity index (χ3v) is 2.80. The highest BCUT2D eigenvalue weighted by Gasteiger charge is 2.09. The van der Waals surface area contributed by atoms with Crippen molar-refractivity contribution < 1.29 is 0 Å². The summed E-state index contributed by atoms with van der Waals surface area (Å²) in [5.41, 5.74) is 6.91. The lowest BCUT2D eigenvalue weighted by Crippen LogP contribution is -2.11. The van der Waals surface area contributed by atoms with Gasteiger partial charge in [0.05, 0.1) is 11.3 Å². The van der Waals surface area contributed by atoms with Crippen LogP contribution in [0.3, 0.4) is 0 Å². The van der Waals surface area contributed by atoms with Crippen molar-refractivity contribution in [2.24, 2.45) is 5.84 Å². The van der Waals surface area contributed by atoms with E-state index in [2.05, 4.69) is 16.5 Å². The van der Waals surface area contributed by atoms with E-state index < -0.39 is 0 Å². The first-order chi connectivity index (χ1) is 8.65. The summed E-state index contributed by atoms with van der Waals surface area (Å²) in [7, 11) is 0. The van der Waals surface area contributed by atoms with Crippen LogP contribution in [0.2, 0.25) is 0 Å². The minimum absolute atomic E-state index is 0.402. The van der Waals surface area contributed by atoms with Gasteiger partial charge in [-0.1, -0.05) is 29.8 Å². The normalized spacial score (nSPS) is 9.89. The van der Waals surface area contributed by atoms with Crippen molar-refractivity contribution in [3.05, 3.63) is 47.0 Å². The molecule has 0 saturated heterocycles. The molecule has 3 N–H and O–H groups in total. The van der Waals surface area contributed by atoms with Gasteiger partial charge in [-0.3, -0.25) is 0 Å². The molecule has 0 atom stereocenters. The van der Waals surface area contributed by atoms with E-state index in [1.165, 1.54) is 5.56 Å². The fourth-order valence-electron chi connectivity index (χ4n) is 1.81. The molecule has 0 fully saturated rings. The number of nitrogens with zero attached hydrogens (tertiary/aromatic N) is 2. The third kappa shape index (κ3) is 2.17. The lowest BCUT2D eigenvalue weighted by atomic mass is 10.0. The van der Waals surface area contributed by atoms with Gasteiger partial charge in [-0.25, -0.2) is 10.8 Å². The molecule has 2 aromatic rings. The van der Waals surface area contributed by atoms with E-state index in [0.717, 1.165) is 16.8 Å². The number of nitrogen functional groups attached to an aromatic ring is 1. The Hall–Kier alpha value is -2.38. The fourth-order valence-corrected chi connectivity index (χ4v) is 1.81. The molecule has 90 valence electrons. The highest BCUT2D eigenvalue weighted by Crippen LogP contribution is 2.25. The van der Waals surface area contributed by atoms with Crippen molar-refractivity contribution in [2.75, 3.05) is 5.43 Å². The van der Waals surface area contributed by atoms with Crippen LogP contribution >= 0.6 is 0 Å². The lowest BCUT2D eigenvalue weighted by Gasteiger charge is -2.09. The number of nitrogens with two attached hydrogens (primary N) is 1. The number of nitriles is 1. The predicted molar refractivity (Wildman–Crippen MR) is 71.7 cm³/mol. The summed E-state index contributed by atoms with van der Waals surface area (Å²) in [6, 6.07) is 11.9. The number of hydrazine groups is 1. The van der Waals surface area contributed by atoms with Gasteiger partial charge in [-0.05, 0) is 25.5 Å². The van der Waals surface area contributed by atoms with Gasteiger partial charge in [0.1, 0.15) is 6.07 Å². The fraction of sp³-hybridized carbons (Fsp3) is 0.143. The van der Waals surface area contributed by atoms with Crippen LogP contribution in [0.5, 0.6) is 0 Å². The zero-order valence-corrected chi connectivity index (χ0v) is 10.4. The first-order valence-corrected chi connectivity index (χ1v) is 5.61. The number of rotatable bonds is 2. The summed E-state index contributed by atoms with van der Waals surface area (Å²) in [4.78, 5) is 4.40. The molecule has 0 saturated carbocycles. The van der Waals surface area contributed by atoms with E-state index in [-0.39, 0.29) is 0 Å². The minimum Gasteiger partial charge on any atom is -0.307 e. The molecule has 0 amide bonds. The summed E-state index contributed by atoms with van der Waals surface area (Å²) in [6.07, 6.45) is 0. The molecule has 0 aliphatic rings. The van der Waals surface area contributed by atoms with E-state index in [9.17, 15) is 0 Å². The average Bonchev–Trinajstić information content (AvgIpc) is 2.39. The summed E-state index contributed by atoms with van der Waals surface area (Å²) in [5, 5.41) is 8.99. The highest BCUT2D eigenvalue weighted by molar-refractivity contribution is 5.68. The zero-order chi connectivity index (χ0) is 13.1. The Morgan fingerprint density at radius 2 is 1.89 bits per heavy atom. The molecule has 2 rings (SSSR count). The number of aryl methyl sites for hydroxylation is 2. The number of benzene rings is 1. The van der Waals surface area contributed by atoms with Gasteiger partial charge in [0.25, 0.3) is 0 Å². The molecule has 18 heavy (non-hydrogen) atoms. The first kappa shape index (κ1) is 12.1. The van der Waals surface area contributed by atoms with Crippen LogP contribution in [0.25, 0.3) is 11.3 Å². The molecule has 4 heteroatoms. The van der Waals surface area contributed by atoms with Crippen molar-refractivity contribution in [2.45, 2.75) is 13.8 Å². The highest BCUT2D eigenvalue weighted by atomic mass is 15.2. The molecule has 4 nitrogen and oxygen atoms in total. The molecular formula is C14H14N4. The van der Waals surface area contributed by atoms with E-state index in [4.69, 9.17) is 11.1 Å². The van der Waals surface area contributed by atoms with Crippen LogP contribution in [-0.4, -0.2) is 4.98 Å². The van der Waals surface area contributed by atoms with Crippen LogP contribution in [0.4, 0.5) is 5.82 Å². The molecular weight excluding hydrogens is 224 g/mol. The van der Waals surface area contributed by atoms with Crippen LogP contribution in [0, 0.1) is 25.2 Å². The van der Waals surface area contributed by atoms with Crippen molar-refractivity contribution in [1.29, 1.82) is 5.26 Å². The SMILES string of the molecule is Cc1ccc(-c2nc(NN)c(C#N)cc2C)cc1. The maximum atomic E-state index is 8.99.